The van der Waals surface area contributed by atoms with E-state index in [9.17, 15) is 0 Å². The van der Waals surface area contributed by atoms with Crippen LogP contribution in [0.1, 0.15) is 43.7 Å². The molecule has 100 valence electrons. The summed E-state index contributed by atoms with van der Waals surface area (Å²) in [6.07, 6.45) is 8.76. The number of hydrogen-bond acceptors (Lipinski definition) is 2. The molecule has 1 aliphatic rings. The van der Waals surface area contributed by atoms with Crippen LogP contribution in [0.3, 0.4) is 0 Å². The number of pyridine rings is 1. The lowest BCUT2D eigenvalue weighted by Crippen LogP contribution is -2.27. The third-order valence-electron chi connectivity index (χ3n) is 4.27. The van der Waals surface area contributed by atoms with Gasteiger partial charge in [-0.2, -0.15) is 0 Å². The fourth-order valence-electron chi connectivity index (χ4n) is 3.12. The predicted octanol–water partition coefficient (Wildman–Crippen LogP) is 4.17. The summed E-state index contributed by atoms with van der Waals surface area (Å²) < 4.78 is 0. The van der Waals surface area contributed by atoms with Gasteiger partial charge in [-0.25, -0.2) is 0 Å². The number of fused-ring (bicyclic) bond motifs is 1. The number of likely N-dealkylation sites (tertiary alicyclic amines) is 1. The number of nitrogens with zero attached hydrogens (tertiary/aromatic N) is 2. The van der Waals surface area contributed by atoms with Gasteiger partial charge in [0.1, 0.15) is 0 Å². The number of benzene rings is 1. The van der Waals surface area contributed by atoms with Gasteiger partial charge in [0.2, 0.25) is 0 Å². The van der Waals surface area contributed by atoms with Crippen molar-refractivity contribution in [3.8, 4) is 0 Å². The molecule has 1 atom stereocenters. The highest BCUT2D eigenvalue weighted by molar-refractivity contribution is 5.78. The van der Waals surface area contributed by atoms with Gasteiger partial charge in [0.25, 0.3) is 0 Å². The number of aromatic nitrogens is 1. The Kier molecular flexibility index (Phi) is 3.79. The van der Waals surface area contributed by atoms with Crippen molar-refractivity contribution in [3.05, 3.63) is 42.1 Å². The van der Waals surface area contributed by atoms with Crippen molar-refractivity contribution in [2.75, 3.05) is 13.6 Å². The summed E-state index contributed by atoms with van der Waals surface area (Å²) in [5, 5.41) is 1.26. The third kappa shape index (κ3) is 2.79. The van der Waals surface area contributed by atoms with E-state index in [1.54, 1.807) is 0 Å². The number of rotatable bonds is 1. The van der Waals surface area contributed by atoms with E-state index in [0.717, 1.165) is 5.52 Å². The molecule has 19 heavy (non-hydrogen) atoms. The lowest BCUT2D eigenvalue weighted by atomic mass is 9.96. The fraction of sp³-hybridized carbons (Fsp3) is 0.471. The summed E-state index contributed by atoms with van der Waals surface area (Å²) in [7, 11) is 2.26. The van der Waals surface area contributed by atoms with E-state index >= 15 is 0 Å². The molecule has 1 fully saturated rings. The van der Waals surface area contributed by atoms with Crippen molar-refractivity contribution in [1.29, 1.82) is 0 Å². The van der Waals surface area contributed by atoms with Crippen molar-refractivity contribution >= 4 is 10.9 Å². The van der Waals surface area contributed by atoms with Crippen LogP contribution in [0.4, 0.5) is 0 Å². The predicted molar refractivity (Wildman–Crippen MR) is 80.2 cm³/mol. The molecule has 0 aliphatic carbocycles. The molecule has 0 amide bonds. The maximum absolute atomic E-state index is 4.62. The Hall–Kier alpha value is -1.41. The van der Waals surface area contributed by atoms with Crippen LogP contribution in [0.2, 0.25) is 0 Å². The van der Waals surface area contributed by atoms with Crippen LogP contribution in [-0.2, 0) is 0 Å². The molecule has 0 spiro atoms. The molecular weight excluding hydrogens is 232 g/mol. The molecule has 0 unspecified atom stereocenters. The highest BCUT2D eigenvalue weighted by Gasteiger charge is 2.18. The standard InChI is InChI=1S/C17H22N2/c1-19-11-7-3-2-4-10-17(19)15-12-14-8-5-6-9-16(14)18-13-15/h5-6,8-9,12-13,17H,2-4,7,10-11H2,1H3/t17-/m1/s1. The lowest BCUT2D eigenvalue weighted by molar-refractivity contribution is 0.209. The highest BCUT2D eigenvalue weighted by atomic mass is 15.1. The minimum atomic E-state index is 0.539. The second-order valence-corrected chi connectivity index (χ2v) is 5.66. The molecular formula is C17H22N2. The molecule has 1 saturated heterocycles. The van der Waals surface area contributed by atoms with Gasteiger partial charge in [-0.3, -0.25) is 9.88 Å². The summed E-state index contributed by atoms with van der Waals surface area (Å²) in [6, 6.07) is 11.3. The molecule has 2 heteroatoms. The van der Waals surface area contributed by atoms with E-state index in [-0.39, 0.29) is 0 Å². The van der Waals surface area contributed by atoms with Gasteiger partial charge in [-0.05, 0) is 44.1 Å². The molecule has 2 heterocycles. The van der Waals surface area contributed by atoms with Crippen LogP contribution in [0, 0.1) is 0 Å². The Balaban J connectivity index is 1.92. The van der Waals surface area contributed by atoms with Crippen LogP contribution in [0.5, 0.6) is 0 Å². The molecule has 0 saturated carbocycles. The zero-order valence-electron chi connectivity index (χ0n) is 11.7. The summed E-state index contributed by atoms with van der Waals surface area (Å²) in [4.78, 5) is 7.12. The summed E-state index contributed by atoms with van der Waals surface area (Å²) in [5.41, 5.74) is 2.47. The number of para-hydroxylation sites is 1. The first-order chi connectivity index (χ1) is 9.34. The summed E-state index contributed by atoms with van der Waals surface area (Å²) >= 11 is 0. The average molecular weight is 254 g/mol. The van der Waals surface area contributed by atoms with Gasteiger partial charge < -0.3 is 0 Å². The SMILES string of the molecule is CN1CCCCCC[C@@H]1c1cnc2ccccc2c1. The van der Waals surface area contributed by atoms with Crippen molar-refractivity contribution in [1.82, 2.24) is 9.88 Å². The van der Waals surface area contributed by atoms with Gasteiger partial charge in [0.15, 0.2) is 0 Å². The molecule has 3 rings (SSSR count). The molecule has 0 radical (unpaired) electrons. The maximum atomic E-state index is 4.62. The van der Waals surface area contributed by atoms with Crippen LogP contribution in [0.25, 0.3) is 10.9 Å². The quantitative estimate of drug-likeness (QED) is 0.759. The van der Waals surface area contributed by atoms with Gasteiger partial charge in [-0.15, -0.1) is 0 Å². The van der Waals surface area contributed by atoms with Crippen molar-refractivity contribution < 1.29 is 0 Å². The van der Waals surface area contributed by atoms with E-state index in [1.165, 1.54) is 49.6 Å². The van der Waals surface area contributed by atoms with Gasteiger partial charge in [-0.1, -0.05) is 37.5 Å². The maximum Gasteiger partial charge on any atom is 0.0702 e. The van der Waals surface area contributed by atoms with Crippen molar-refractivity contribution in [2.24, 2.45) is 0 Å². The first-order valence-electron chi connectivity index (χ1n) is 7.39. The largest absolute Gasteiger partial charge is 0.299 e. The normalized spacial score (nSPS) is 22.1. The average Bonchev–Trinajstić information content (AvgIpc) is 2.43. The molecule has 2 aromatic rings. The van der Waals surface area contributed by atoms with Gasteiger partial charge >= 0.3 is 0 Å². The lowest BCUT2D eigenvalue weighted by Gasteiger charge is -2.30. The Labute approximate surface area is 115 Å². The Morgan fingerprint density at radius 1 is 1.11 bits per heavy atom. The molecule has 0 bridgehead atoms. The van der Waals surface area contributed by atoms with Gasteiger partial charge in [0, 0.05) is 17.6 Å². The molecule has 2 nitrogen and oxygen atoms in total. The zero-order valence-corrected chi connectivity index (χ0v) is 11.7. The minimum Gasteiger partial charge on any atom is -0.299 e. The van der Waals surface area contributed by atoms with E-state index in [0.29, 0.717) is 6.04 Å². The zero-order chi connectivity index (χ0) is 13.1. The first-order valence-corrected chi connectivity index (χ1v) is 7.39. The Morgan fingerprint density at radius 2 is 1.95 bits per heavy atom. The fourth-order valence-corrected chi connectivity index (χ4v) is 3.12. The monoisotopic (exact) mass is 254 g/mol. The first kappa shape index (κ1) is 12.6. The second-order valence-electron chi connectivity index (χ2n) is 5.66. The van der Waals surface area contributed by atoms with E-state index < -0.39 is 0 Å². The Morgan fingerprint density at radius 3 is 2.89 bits per heavy atom. The smallest absolute Gasteiger partial charge is 0.0702 e. The topological polar surface area (TPSA) is 16.1 Å². The van der Waals surface area contributed by atoms with Crippen LogP contribution >= 0.6 is 0 Å². The second kappa shape index (κ2) is 5.70. The van der Waals surface area contributed by atoms with Gasteiger partial charge in [0.05, 0.1) is 5.52 Å². The summed E-state index contributed by atoms with van der Waals surface area (Å²) in [5.74, 6) is 0. The van der Waals surface area contributed by atoms with Crippen molar-refractivity contribution in [2.45, 2.75) is 38.1 Å². The Bertz CT molecular complexity index is 550. The minimum absolute atomic E-state index is 0.539. The van der Waals surface area contributed by atoms with Crippen LogP contribution < -0.4 is 0 Å². The molecule has 1 aromatic carbocycles. The van der Waals surface area contributed by atoms with E-state index in [2.05, 4.69) is 53.5 Å². The molecule has 1 aliphatic heterocycles. The molecule has 1 aromatic heterocycles. The summed E-state index contributed by atoms with van der Waals surface area (Å²) in [6.45, 7) is 1.21. The van der Waals surface area contributed by atoms with Crippen molar-refractivity contribution in [3.63, 3.8) is 0 Å². The van der Waals surface area contributed by atoms with E-state index in [1.807, 2.05) is 0 Å². The highest BCUT2D eigenvalue weighted by Crippen LogP contribution is 2.29. The third-order valence-corrected chi connectivity index (χ3v) is 4.27. The number of hydrogen-bond donors (Lipinski definition) is 0. The van der Waals surface area contributed by atoms with Crippen LogP contribution in [-0.4, -0.2) is 23.5 Å². The van der Waals surface area contributed by atoms with E-state index in [4.69, 9.17) is 0 Å². The van der Waals surface area contributed by atoms with Crippen LogP contribution in [0.15, 0.2) is 36.5 Å². The molecule has 0 N–H and O–H groups in total.